The summed E-state index contributed by atoms with van der Waals surface area (Å²) in [4.78, 5) is 2.34. The number of anilines is 1. The van der Waals surface area contributed by atoms with E-state index in [4.69, 9.17) is 11.6 Å². The van der Waals surface area contributed by atoms with E-state index in [2.05, 4.69) is 46.1 Å². The van der Waals surface area contributed by atoms with Crippen molar-refractivity contribution in [3.63, 3.8) is 0 Å². The molecule has 1 fully saturated rings. The van der Waals surface area contributed by atoms with Crippen molar-refractivity contribution in [2.75, 3.05) is 11.9 Å². The number of halogens is 2. The van der Waals surface area contributed by atoms with Crippen LogP contribution in [0.15, 0.2) is 22.7 Å². The molecule has 3 heteroatoms. The van der Waals surface area contributed by atoms with Gasteiger partial charge in [0.05, 0.1) is 5.69 Å². The molecule has 1 nitrogen and oxygen atoms in total. The maximum absolute atomic E-state index is 5.77. The van der Waals surface area contributed by atoms with Crippen LogP contribution in [0.3, 0.4) is 0 Å². The first kappa shape index (κ1) is 10.3. The Hall–Kier alpha value is -0.210. The first-order valence-corrected chi connectivity index (χ1v) is 6.12. The van der Waals surface area contributed by atoms with Crippen LogP contribution in [0.1, 0.15) is 18.4 Å². The van der Waals surface area contributed by atoms with Crippen LogP contribution in [-0.2, 0) is 5.88 Å². The highest BCUT2D eigenvalue weighted by Gasteiger charge is 2.27. The first-order valence-electron chi connectivity index (χ1n) is 4.79. The average Bonchev–Trinajstić information content (AvgIpc) is 3.00. The van der Waals surface area contributed by atoms with Gasteiger partial charge in [0.25, 0.3) is 0 Å². The lowest BCUT2D eigenvalue weighted by Gasteiger charge is -2.20. The normalized spacial score (nSPS) is 15.6. The molecule has 0 atom stereocenters. The Balaban J connectivity index is 2.24. The standard InChI is InChI=1S/C11H13BrClN/c1-14(9-3-4-9)11-5-2-8(7-13)6-10(11)12/h2,5-6,9H,3-4,7H2,1H3. The monoisotopic (exact) mass is 273 g/mol. The van der Waals surface area contributed by atoms with Gasteiger partial charge in [-0.3, -0.25) is 0 Å². The van der Waals surface area contributed by atoms with Crippen molar-refractivity contribution in [2.24, 2.45) is 0 Å². The van der Waals surface area contributed by atoms with Gasteiger partial charge in [-0.15, -0.1) is 11.6 Å². The Bertz CT molecular complexity index is 336. The zero-order valence-electron chi connectivity index (χ0n) is 8.13. The van der Waals surface area contributed by atoms with E-state index in [0.717, 1.165) is 16.1 Å². The predicted molar refractivity (Wildman–Crippen MR) is 65.1 cm³/mol. The predicted octanol–water partition coefficient (Wildman–Crippen LogP) is 3.79. The molecule has 76 valence electrons. The van der Waals surface area contributed by atoms with Crippen LogP contribution in [0.5, 0.6) is 0 Å². The van der Waals surface area contributed by atoms with Gasteiger partial charge in [0.1, 0.15) is 0 Å². The average molecular weight is 275 g/mol. The van der Waals surface area contributed by atoms with Crippen LogP contribution >= 0.6 is 27.5 Å². The molecule has 1 aliphatic rings. The van der Waals surface area contributed by atoms with Gasteiger partial charge in [0.15, 0.2) is 0 Å². The summed E-state index contributed by atoms with van der Waals surface area (Å²) in [5, 5.41) is 0. The summed E-state index contributed by atoms with van der Waals surface area (Å²) in [6.07, 6.45) is 2.64. The Morgan fingerprint density at radius 1 is 1.50 bits per heavy atom. The van der Waals surface area contributed by atoms with Crippen LogP contribution in [0, 0.1) is 0 Å². The number of rotatable bonds is 3. The van der Waals surface area contributed by atoms with E-state index < -0.39 is 0 Å². The molecule has 14 heavy (non-hydrogen) atoms. The van der Waals surface area contributed by atoms with E-state index in [1.54, 1.807) is 0 Å². The number of hydrogen-bond acceptors (Lipinski definition) is 1. The van der Waals surface area contributed by atoms with Gasteiger partial charge in [-0.05, 0) is 46.5 Å². The van der Waals surface area contributed by atoms with Gasteiger partial charge in [0.2, 0.25) is 0 Å². The topological polar surface area (TPSA) is 3.24 Å². The quantitative estimate of drug-likeness (QED) is 0.758. The number of nitrogens with zero attached hydrogens (tertiary/aromatic N) is 1. The summed E-state index contributed by atoms with van der Waals surface area (Å²) in [5.41, 5.74) is 2.42. The summed E-state index contributed by atoms with van der Waals surface area (Å²) in [6.45, 7) is 0. The Labute approximate surface area is 98.2 Å². The molecule has 0 aromatic heterocycles. The van der Waals surface area contributed by atoms with Crippen LogP contribution in [0.25, 0.3) is 0 Å². The molecule has 0 bridgehead atoms. The van der Waals surface area contributed by atoms with Crippen LogP contribution in [0.4, 0.5) is 5.69 Å². The van der Waals surface area contributed by atoms with Crippen molar-refractivity contribution in [2.45, 2.75) is 24.8 Å². The second-order valence-electron chi connectivity index (χ2n) is 3.76. The molecule has 1 aliphatic carbocycles. The number of hydrogen-bond donors (Lipinski definition) is 0. The van der Waals surface area contributed by atoms with Gasteiger partial charge in [0, 0.05) is 23.4 Å². The van der Waals surface area contributed by atoms with Crippen molar-refractivity contribution >= 4 is 33.2 Å². The molecular weight excluding hydrogens is 261 g/mol. The molecule has 0 spiro atoms. The smallest absolute Gasteiger partial charge is 0.0510 e. The van der Waals surface area contributed by atoms with Gasteiger partial charge in [-0.2, -0.15) is 0 Å². The Kier molecular flexibility index (Phi) is 3.03. The molecule has 0 unspecified atom stereocenters. The molecule has 0 aliphatic heterocycles. The molecular formula is C11H13BrClN. The van der Waals surface area contributed by atoms with Gasteiger partial charge in [-0.25, -0.2) is 0 Å². The molecule has 0 amide bonds. The fourth-order valence-electron chi connectivity index (χ4n) is 1.58. The summed E-state index contributed by atoms with van der Waals surface area (Å²) in [6, 6.07) is 7.07. The van der Waals surface area contributed by atoms with Crippen LogP contribution in [0.2, 0.25) is 0 Å². The highest BCUT2D eigenvalue weighted by molar-refractivity contribution is 9.10. The lowest BCUT2D eigenvalue weighted by atomic mass is 10.2. The lowest BCUT2D eigenvalue weighted by Crippen LogP contribution is -2.19. The number of alkyl halides is 1. The first-order chi connectivity index (χ1) is 6.72. The minimum atomic E-state index is 0.575. The molecule has 2 rings (SSSR count). The summed E-state index contributed by atoms with van der Waals surface area (Å²) in [7, 11) is 2.15. The molecule has 0 radical (unpaired) electrons. The summed E-state index contributed by atoms with van der Waals surface area (Å²) < 4.78 is 1.14. The maximum Gasteiger partial charge on any atom is 0.0510 e. The van der Waals surface area contributed by atoms with E-state index in [0.29, 0.717) is 5.88 Å². The Morgan fingerprint density at radius 2 is 2.21 bits per heavy atom. The SMILES string of the molecule is CN(c1ccc(CCl)cc1Br)C1CC1. The molecule has 0 N–H and O–H groups in total. The minimum Gasteiger partial charge on any atom is -0.371 e. The molecule has 1 saturated carbocycles. The third-order valence-corrected chi connectivity index (χ3v) is 3.58. The highest BCUT2D eigenvalue weighted by Crippen LogP contribution is 2.35. The fourth-order valence-corrected chi connectivity index (χ4v) is 2.45. The summed E-state index contributed by atoms with van der Waals surface area (Å²) >= 11 is 9.36. The van der Waals surface area contributed by atoms with E-state index in [-0.39, 0.29) is 0 Å². The molecule has 1 aromatic rings. The van der Waals surface area contributed by atoms with Crippen molar-refractivity contribution in [3.8, 4) is 0 Å². The minimum absolute atomic E-state index is 0.575. The maximum atomic E-state index is 5.77. The van der Waals surface area contributed by atoms with Crippen LogP contribution in [-0.4, -0.2) is 13.1 Å². The van der Waals surface area contributed by atoms with Crippen molar-refractivity contribution < 1.29 is 0 Å². The van der Waals surface area contributed by atoms with Gasteiger partial charge >= 0.3 is 0 Å². The summed E-state index contributed by atoms with van der Waals surface area (Å²) in [5.74, 6) is 0.575. The molecule has 1 aromatic carbocycles. The third kappa shape index (κ3) is 2.06. The largest absolute Gasteiger partial charge is 0.371 e. The van der Waals surface area contributed by atoms with Gasteiger partial charge < -0.3 is 4.90 Å². The fraction of sp³-hybridized carbons (Fsp3) is 0.455. The zero-order chi connectivity index (χ0) is 10.1. The van der Waals surface area contributed by atoms with Crippen LogP contribution < -0.4 is 4.90 Å². The third-order valence-electron chi connectivity index (χ3n) is 2.64. The van der Waals surface area contributed by atoms with E-state index in [9.17, 15) is 0 Å². The highest BCUT2D eigenvalue weighted by atomic mass is 79.9. The molecule has 0 saturated heterocycles. The van der Waals surface area contributed by atoms with E-state index >= 15 is 0 Å². The molecule has 0 heterocycles. The second kappa shape index (κ2) is 4.11. The zero-order valence-corrected chi connectivity index (χ0v) is 10.5. The van der Waals surface area contributed by atoms with Gasteiger partial charge in [-0.1, -0.05) is 6.07 Å². The second-order valence-corrected chi connectivity index (χ2v) is 4.88. The number of benzene rings is 1. The van der Waals surface area contributed by atoms with Crippen molar-refractivity contribution in [3.05, 3.63) is 28.2 Å². The van der Waals surface area contributed by atoms with E-state index in [1.165, 1.54) is 18.5 Å². The van der Waals surface area contributed by atoms with E-state index in [1.807, 2.05) is 0 Å². The Morgan fingerprint density at radius 3 is 2.71 bits per heavy atom. The lowest BCUT2D eigenvalue weighted by molar-refractivity contribution is 0.913. The van der Waals surface area contributed by atoms with Crippen molar-refractivity contribution in [1.29, 1.82) is 0 Å². The van der Waals surface area contributed by atoms with Crippen molar-refractivity contribution in [1.82, 2.24) is 0 Å².